The van der Waals surface area contributed by atoms with E-state index in [1.54, 1.807) is 94.5 Å². The van der Waals surface area contributed by atoms with Crippen molar-refractivity contribution in [2.24, 2.45) is 0 Å². The van der Waals surface area contributed by atoms with Crippen molar-refractivity contribution in [1.82, 2.24) is 24.5 Å². The molecule has 0 aliphatic rings. The highest BCUT2D eigenvalue weighted by molar-refractivity contribution is 7.89. The highest BCUT2D eigenvalue weighted by Crippen LogP contribution is 2.37. The molecule has 1 aromatic heterocycles. The molecular formula is C44H45N5O9S. The van der Waals surface area contributed by atoms with E-state index in [1.807, 2.05) is 48.5 Å². The van der Waals surface area contributed by atoms with E-state index in [2.05, 4.69) is 15.5 Å². The van der Waals surface area contributed by atoms with Gasteiger partial charge in [0.15, 0.2) is 11.7 Å². The Morgan fingerprint density at radius 3 is 1.64 bits per heavy atom. The molecule has 0 spiro atoms. The average Bonchev–Trinajstić information content (AvgIpc) is 3.72. The van der Waals surface area contributed by atoms with E-state index in [1.165, 1.54) is 16.4 Å². The number of hydrogen-bond donors (Lipinski definition) is 0. The topological polar surface area (TPSA) is 161 Å². The highest BCUT2D eigenvalue weighted by atomic mass is 32.2. The van der Waals surface area contributed by atoms with Crippen molar-refractivity contribution in [2.75, 3.05) is 34.5 Å². The van der Waals surface area contributed by atoms with Gasteiger partial charge in [0.25, 0.3) is 0 Å². The second-order valence-corrected chi connectivity index (χ2v) is 15.1. The fourth-order valence-electron chi connectivity index (χ4n) is 6.54. The zero-order valence-electron chi connectivity index (χ0n) is 33.4. The lowest BCUT2D eigenvalue weighted by molar-refractivity contribution is -0.157. The van der Waals surface area contributed by atoms with Crippen LogP contribution in [0.3, 0.4) is 0 Å². The number of sulfonamides is 1. The molecule has 0 aliphatic heterocycles. The summed E-state index contributed by atoms with van der Waals surface area (Å²) in [6.45, 7) is 3.32. The molecule has 0 unspecified atom stereocenters. The molecular weight excluding hydrogens is 775 g/mol. The molecule has 0 aliphatic carbocycles. The summed E-state index contributed by atoms with van der Waals surface area (Å²) in [4.78, 5) is 26.9. The van der Waals surface area contributed by atoms with Gasteiger partial charge < -0.3 is 23.7 Å². The molecule has 1 heterocycles. The van der Waals surface area contributed by atoms with E-state index in [0.717, 1.165) is 5.56 Å². The largest absolute Gasteiger partial charge is 0.497 e. The van der Waals surface area contributed by atoms with Crippen molar-refractivity contribution in [3.05, 3.63) is 138 Å². The molecule has 0 N–H and O–H groups in total. The summed E-state index contributed by atoms with van der Waals surface area (Å²) in [5.41, 5.74) is 3.84. The average molecular weight is 820 g/mol. The number of methoxy groups -OCH3 is 3. The van der Waals surface area contributed by atoms with Crippen molar-refractivity contribution in [3.63, 3.8) is 0 Å². The quantitative estimate of drug-likeness (QED) is 0.0669. The van der Waals surface area contributed by atoms with E-state index in [4.69, 9.17) is 23.7 Å². The first-order valence-corrected chi connectivity index (χ1v) is 20.3. The summed E-state index contributed by atoms with van der Waals surface area (Å²) >= 11 is 0. The molecule has 0 fully saturated rings. The van der Waals surface area contributed by atoms with Gasteiger partial charge in [0.1, 0.15) is 17.2 Å². The number of nitrogens with zero attached hydrogens (tertiary/aromatic N) is 5. The fourth-order valence-corrected chi connectivity index (χ4v) is 8.21. The number of carbonyl (C=O) groups is 2. The Labute approximate surface area is 343 Å². The number of ether oxygens (including phenoxy) is 5. The molecule has 15 heteroatoms. The van der Waals surface area contributed by atoms with Gasteiger partial charge in [0.05, 0.1) is 46.0 Å². The summed E-state index contributed by atoms with van der Waals surface area (Å²) in [5.74, 6) is -1.23. The van der Waals surface area contributed by atoms with Crippen LogP contribution in [0, 0.1) is 0 Å². The Balaban J connectivity index is 1.52. The number of hydrogen-bond acceptors (Lipinski definition) is 12. The lowest BCUT2D eigenvalue weighted by Crippen LogP contribution is -2.33. The number of tetrazole rings is 1. The van der Waals surface area contributed by atoms with Crippen molar-refractivity contribution < 1.29 is 41.7 Å². The molecule has 5 aromatic carbocycles. The summed E-state index contributed by atoms with van der Waals surface area (Å²) in [7, 11) is 0.142. The van der Waals surface area contributed by atoms with Crippen molar-refractivity contribution in [2.45, 2.75) is 44.3 Å². The van der Waals surface area contributed by atoms with Gasteiger partial charge >= 0.3 is 11.9 Å². The summed E-state index contributed by atoms with van der Waals surface area (Å²) < 4.78 is 60.4. The third kappa shape index (κ3) is 9.76. The second-order valence-electron chi connectivity index (χ2n) is 13.2. The van der Waals surface area contributed by atoms with Gasteiger partial charge in [-0.3, -0.25) is 9.59 Å². The Kier molecular flexibility index (Phi) is 13.7. The first-order chi connectivity index (χ1) is 28.6. The molecule has 14 nitrogen and oxygen atoms in total. The Morgan fingerprint density at radius 1 is 0.661 bits per heavy atom. The molecule has 0 bridgehead atoms. The number of carbonyl (C=O) groups excluding carboxylic acids is 2. The number of benzene rings is 5. The van der Waals surface area contributed by atoms with Crippen LogP contribution in [-0.2, 0) is 48.7 Å². The van der Waals surface area contributed by atoms with Crippen LogP contribution in [0.25, 0.3) is 22.5 Å². The predicted molar refractivity (Wildman–Crippen MR) is 219 cm³/mol. The summed E-state index contributed by atoms with van der Waals surface area (Å²) in [5, 5.41) is 12.6. The monoisotopic (exact) mass is 819 g/mol. The molecule has 0 radical (unpaired) electrons. The first-order valence-electron chi connectivity index (χ1n) is 18.8. The van der Waals surface area contributed by atoms with Crippen LogP contribution in [0.15, 0.2) is 120 Å². The minimum absolute atomic E-state index is 0.0470. The van der Waals surface area contributed by atoms with Crippen LogP contribution in [0.2, 0.25) is 0 Å². The summed E-state index contributed by atoms with van der Waals surface area (Å²) in [6, 6.07) is 33.5. The van der Waals surface area contributed by atoms with Gasteiger partial charge in [-0.05, 0) is 100 Å². The standard InChI is InChI=1S/C44H45N5O9S/c1-6-57-43(50)41(44(51)58-7-2)39-25-18-33(37-10-8-9-11-38(37)42-45-46-47-49(42)29-32-16-23-36(56-5)24-17-32)26-40(39)59(52,53)48(27-30-12-19-34(54-3)20-13-30)28-31-14-21-35(55-4)22-15-31/h8-26,41H,6-7,27-29H2,1-5H3. The van der Waals surface area contributed by atoms with Crippen molar-refractivity contribution >= 4 is 22.0 Å². The maximum atomic E-state index is 15.4. The number of rotatable bonds is 18. The van der Waals surface area contributed by atoms with Crippen LogP contribution < -0.4 is 14.2 Å². The van der Waals surface area contributed by atoms with Crippen LogP contribution in [-0.4, -0.2) is 79.4 Å². The number of esters is 2. The van der Waals surface area contributed by atoms with Gasteiger partial charge in [-0.25, -0.2) is 13.1 Å². The Bertz CT molecular complexity index is 2410. The predicted octanol–water partition coefficient (Wildman–Crippen LogP) is 6.68. The molecule has 0 amide bonds. The molecule has 0 atom stereocenters. The molecule has 0 saturated heterocycles. The van der Waals surface area contributed by atoms with Crippen molar-refractivity contribution in [1.29, 1.82) is 0 Å². The molecule has 306 valence electrons. The lowest BCUT2D eigenvalue weighted by Gasteiger charge is -2.26. The zero-order chi connectivity index (χ0) is 41.9. The zero-order valence-corrected chi connectivity index (χ0v) is 34.2. The highest BCUT2D eigenvalue weighted by Gasteiger charge is 2.38. The Hall–Kier alpha value is -6.58. The minimum atomic E-state index is -4.55. The fraction of sp³-hybridized carbons (Fsp3) is 0.250. The lowest BCUT2D eigenvalue weighted by atomic mass is 9.94. The molecule has 6 rings (SSSR count). The van der Waals surface area contributed by atoms with Crippen molar-refractivity contribution in [3.8, 4) is 39.8 Å². The molecule has 59 heavy (non-hydrogen) atoms. The van der Waals surface area contributed by atoms with Gasteiger partial charge in [-0.2, -0.15) is 4.31 Å². The van der Waals surface area contributed by atoms with Crippen LogP contribution in [0.4, 0.5) is 0 Å². The van der Waals surface area contributed by atoms with E-state index >= 15 is 8.42 Å². The molecule has 0 saturated carbocycles. The maximum absolute atomic E-state index is 15.4. The van der Waals surface area contributed by atoms with E-state index in [9.17, 15) is 9.59 Å². The van der Waals surface area contributed by atoms with E-state index < -0.39 is 27.9 Å². The second kappa shape index (κ2) is 19.2. The SMILES string of the molecule is CCOC(=O)C(C(=O)OCC)c1ccc(-c2ccccc2-c2nnnn2Cc2ccc(OC)cc2)cc1S(=O)(=O)N(Cc1ccc(OC)cc1)Cc1ccc(OC)cc1. The van der Waals surface area contributed by atoms with Gasteiger partial charge in [0, 0.05) is 18.7 Å². The Morgan fingerprint density at radius 2 is 1.15 bits per heavy atom. The van der Waals surface area contributed by atoms with Gasteiger partial charge in [-0.15, -0.1) is 5.10 Å². The molecule has 6 aromatic rings. The minimum Gasteiger partial charge on any atom is -0.497 e. The van der Waals surface area contributed by atoms with Gasteiger partial charge in [-0.1, -0.05) is 72.8 Å². The smallest absolute Gasteiger partial charge is 0.324 e. The normalized spacial score (nSPS) is 11.4. The van der Waals surface area contributed by atoms with Crippen LogP contribution >= 0.6 is 0 Å². The van der Waals surface area contributed by atoms with E-state index in [-0.39, 0.29) is 36.8 Å². The third-order valence-corrected chi connectivity index (χ3v) is 11.4. The van der Waals surface area contributed by atoms with Crippen LogP contribution in [0.5, 0.6) is 17.2 Å². The first kappa shape index (κ1) is 42.0. The third-order valence-electron chi connectivity index (χ3n) is 9.53. The number of aromatic nitrogens is 4. The van der Waals surface area contributed by atoms with E-state index in [0.29, 0.717) is 57.4 Å². The van der Waals surface area contributed by atoms with Crippen LogP contribution in [0.1, 0.15) is 42.0 Å². The maximum Gasteiger partial charge on any atom is 0.324 e. The van der Waals surface area contributed by atoms with Gasteiger partial charge in [0.2, 0.25) is 10.0 Å². The summed E-state index contributed by atoms with van der Waals surface area (Å²) in [6.07, 6.45) is 0.